The topological polar surface area (TPSA) is 37.0 Å². The molecule has 9 heteroatoms. The van der Waals surface area contributed by atoms with Gasteiger partial charge in [0.1, 0.15) is 22.4 Å². The summed E-state index contributed by atoms with van der Waals surface area (Å²) in [5, 5.41) is 3.66. The Morgan fingerprint density at radius 2 is 2.00 bits per heavy atom. The molecule has 0 bridgehead atoms. The number of hydrogen-bond acceptors (Lipinski definition) is 3. The van der Waals surface area contributed by atoms with E-state index in [0.29, 0.717) is 12.2 Å². The highest BCUT2D eigenvalue weighted by Gasteiger charge is 2.56. The Hall–Kier alpha value is -1.54. The SMILES string of the molecule is C[N+]1(Nc2ccc(Cl)nc2Cl)c2c(cccc2C(F)(F)F)C2CNCCC21. The Labute approximate surface area is 164 Å². The molecule has 0 amide bonds. The van der Waals surface area contributed by atoms with Crippen LogP contribution in [-0.2, 0) is 6.18 Å². The van der Waals surface area contributed by atoms with Gasteiger partial charge < -0.3 is 5.32 Å². The van der Waals surface area contributed by atoms with Crippen molar-refractivity contribution in [3.05, 3.63) is 51.8 Å². The van der Waals surface area contributed by atoms with Crippen LogP contribution in [-0.4, -0.2) is 31.2 Å². The first-order chi connectivity index (χ1) is 12.7. The van der Waals surface area contributed by atoms with Crippen LogP contribution in [0.25, 0.3) is 0 Å². The normalized spacial score (nSPS) is 27.2. The van der Waals surface area contributed by atoms with Crippen molar-refractivity contribution < 1.29 is 13.2 Å². The zero-order chi connectivity index (χ0) is 19.4. The van der Waals surface area contributed by atoms with Gasteiger partial charge in [0.2, 0.25) is 0 Å². The molecule has 1 aromatic heterocycles. The number of piperidine rings is 1. The number of likely N-dealkylation sites (N-methyl/N-ethyl adjacent to an activating group) is 1. The van der Waals surface area contributed by atoms with Crippen LogP contribution in [0.15, 0.2) is 30.3 Å². The van der Waals surface area contributed by atoms with Gasteiger partial charge >= 0.3 is 6.18 Å². The maximum atomic E-state index is 13.8. The van der Waals surface area contributed by atoms with Crippen LogP contribution in [0.4, 0.5) is 24.5 Å². The Morgan fingerprint density at radius 1 is 1.22 bits per heavy atom. The van der Waals surface area contributed by atoms with Crippen molar-refractivity contribution in [2.24, 2.45) is 0 Å². The third-order valence-corrected chi connectivity index (χ3v) is 6.01. The van der Waals surface area contributed by atoms with E-state index in [9.17, 15) is 13.2 Å². The van der Waals surface area contributed by atoms with Crippen molar-refractivity contribution in [2.75, 3.05) is 25.6 Å². The van der Waals surface area contributed by atoms with Crippen LogP contribution in [0.5, 0.6) is 0 Å². The summed E-state index contributed by atoms with van der Waals surface area (Å²) < 4.78 is 41.4. The van der Waals surface area contributed by atoms with E-state index >= 15 is 0 Å². The molecule has 3 unspecified atom stereocenters. The first-order valence-electron chi connectivity index (χ1n) is 8.60. The average molecular weight is 418 g/mol. The van der Waals surface area contributed by atoms with Gasteiger partial charge in [0.15, 0.2) is 10.8 Å². The monoisotopic (exact) mass is 417 g/mol. The fourth-order valence-electron chi connectivity index (χ4n) is 4.44. The lowest BCUT2D eigenvalue weighted by atomic mass is 9.89. The average Bonchev–Trinajstić information content (AvgIpc) is 2.87. The first-order valence-corrected chi connectivity index (χ1v) is 9.35. The van der Waals surface area contributed by atoms with E-state index in [4.69, 9.17) is 23.2 Å². The summed E-state index contributed by atoms with van der Waals surface area (Å²) in [6.45, 7) is 1.39. The summed E-state index contributed by atoms with van der Waals surface area (Å²) in [5.74, 6) is -0.0208. The van der Waals surface area contributed by atoms with E-state index < -0.39 is 11.7 Å². The largest absolute Gasteiger partial charge is 0.422 e. The van der Waals surface area contributed by atoms with Gasteiger partial charge in [-0.3, -0.25) is 0 Å². The molecule has 3 atom stereocenters. The minimum absolute atomic E-state index is 0.0208. The highest BCUT2D eigenvalue weighted by molar-refractivity contribution is 6.34. The predicted molar refractivity (Wildman–Crippen MR) is 101 cm³/mol. The van der Waals surface area contributed by atoms with Gasteiger partial charge in [0.25, 0.3) is 0 Å². The predicted octanol–water partition coefficient (Wildman–Crippen LogP) is 4.83. The number of benzene rings is 1. The number of rotatable bonds is 2. The van der Waals surface area contributed by atoms with Crippen molar-refractivity contribution in [3.8, 4) is 0 Å². The minimum atomic E-state index is -4.45. The van der Waals surface area contributed by atoms with Gasteiger partial charge in [-0.25, -0.2) is 10.4 Å². The highest BCUT2D eigenvalue weighted by atomic mass is 35.5. The van der Waals surface area contributed by atoms with Crippen LogP contribution in [0.3, 0.4) is 0 Å². The van der Waals surface area contributed by atoms with Crippen molar-refractivity contribution in [1.29, 1.82) is 0 Å². The van der Waals surface area contributed by atoms with Gasteiger partial charge in [0, 0.05) is 25.1 Å². The molecule has 0 spiro atoms. The van der Waals surface area contributed by atoms with E-state index in [1.165, 1.54) is 6.07 Å². The van der Waals surface area contributed by atoms with E-state index in [2.05, 4.69) is 15.7 Å². The van der Waals surface area contributed by atoms with E-state index in [0.717, 1.165) is 24.6 Å². The molecule has 1 fully saturated rings. The molecule has 4 rings (SSSR count). The van der Waals surface area contributed by atoms with Crippen molar-refractivity contribution in [1.82, 2.24) is 14.9 Å². The summed E-state index contributed by atoms with van der Waals surface area (Å²) in [4.78, 5) is 4.00. The second-order valence-electron chi connectivity index (χ2n) is 7.07. The Morgan fingerprint density at radius 3 is 2.70 bits per heavy atom. The molecule has 1 saturated heterocycles. The maximum Gasteiger partial charge on any atom is 0.422 e. The number of pyridine rings is 1. The van der Waals surface area contributed by atoms with E-state index in [-0.39, 0.29) is 32.5 Å². The van der Waals surface area contributed by atoms with Crippen LogP contribution >= 0.6 is 23.2 Å². The second kappa shape index (κ2) is 6.51. The lowest BCUT2D eigenvalue weighted by Crippen LogP contribution is -2.59. The number of anilines is 1. The van der Waals surface area contributed by atoms with E-state index in [1.807, 2.05) is 0 Å². The molecule has 0 radical (unpaired) electrons. The zero-order valence-electron chi connectivity index (χ0n) is 14.4. The quantitative estimate of drug-likeness (QED) is 0.542. The third kappa shape index (κ3) is 3.06. The third-order valence-electron chi connectivity index (χ3n) is 5.51. The summed E-state index contributed by atoms with van der Waals surface area (Å²) in [6.07, 6.45) is -3.71. The number of aromatic nitrogens is 1. The molecule has 27 heavy (non-hydrogen) atoms. The highest BCUT2D eigenvalue weighted by Crippen LogP contribution is 2.52. The van der Waals surface area contributed by atoms with Gasteiger partial charge in [0.05, 0.1) is 13.0 Å². The van der Waals surface area contributed by atoms with Crippen LogP contribution in [0, 0.1) is 0 Å². The summed E-state index contributed by atoms with van der Waals surface area (Å²) in [5.41, 5.74) is 4.03. The second-order valence-corrected chi connectivity index (χ2v) is 7.81. The van der Waals surface area contributed by atoms with Crippen LogP contribution in [0.1, 0.15) is 23.5 Å². The van der Waals surface area contributed by atoms with Gasteiger partial charge in [-0.1, -0.05) is 35.3 Å². The summed E-state index contributed by atoms with van der Waals surface area (Å²) in [6, 6.07) is 7.57. The van der Waals surface area contributed by atoms with E-state index in [1.54, 1.807) is 25.2 Å². The van der Waals surface area contributed by atoms with Gasteiger partial charge in [-0.2, -0.15) is 17.8 Å². The molecule has 0 saturated carbocycles. The molecule has 4 nitrogen and oxygen atoms in total. The molecule has 2 aromatic rings. The molecule has 2 N–H and O–H groups in total. The van der Waals surface area contributed by atoms with Crippen molar-refractivity contribution >= 4 is 34.6 Å². The molecule has 1 aromatic carbocycles. The number of nitrogens with zero attached hydrogens (tertiary/aromatic N) is 2. The van der Waals surface area contributed by atoms with Gasteiger partial charge in [-0.15, -0.1) is 0 Å². The summed E-state index contributed by atoms with van der Waals surface area (Å²) in [7, 11) is 1.77. The Kier molecular flexibility index (Phi) is 4.54. The number of fused-ring (bicyclic) bond motifs is 3. The fraction of sp³-hybridized carbons (Fsp3) is 0.389. The van der Waals surface area contributed by atoms with Crippen LogP contribution < -0.4 is 15.3 Å². The zero-order valence-corrected chi connectivity index (χ0v) is 16.0. The Bertz CT molecular complexity index is 889. The number of hydrogen-bond donors (Lipinski definition) is 2. The molecular formula is C18H18Cl2F3N4+. The molecule has 3 heterocycles. The smallest absolute Gasteiger partial charge is 0.316 e. The first kappa shape index (κ1) is 18.8. The molecule has 0 aliphatic carbocycles. The van der Waals surface area contributed by atoms with Crippen molar-refractivity contribution in [3.63, 3.8) is 0 Å². The van der Waals surface area contributed by atoms with Gasteiger partial charge in [-0.05, 0) is 18.2 Å². The minimum Gasteiger partial charge on any atom is -0.316 e. The number of nitrogens with one attached hydrogen (secondary N) is 2. The molecule has 2 aliphatic rings. The lowest BCUT2D eigenvalue weighted by Gasteiger charge is -2.40. The maximum absolute atomic E-state index is 13.8. The number of quaternary nitrogens is 1. The van der Waals surface area contributed by atoms with Crippen LogP contribution in [0.2, 0.25) is 10.3 Å². The summed E-state index contributed by atoms with van der Waals surface area (Å²) >= 11 is 12.1. The lowest BCUT2D eigenvalue weighted by molar-refractivity contribution is -0.137. The Balaban J connectivity index is 1.89. The molecule has 2 aliphatic heterocycles. The number of para-hydroxylation sites is 1. The molecular weight excluding hydrogens is 400 g/mol. The van der Waals surface area contributed by atoms with Crippen molar-refractivity contribution in [2.45, 2.75) is 24.6 Å². The number of alkyl halides is 3. The fourth-order valence-corrected chi connectivity index (χ4v) is 4.83. The standard InChI is InChI=1S/C18H18Cl2F3N4/c1-27(26-13-5-6-15(19)25-17(13)20)14-7-8-24-9-11(14)10-3-2-4-12(16(10)27)18(21,22)23/h2-6,11,14,24,26H,7-9H2,1H3/q+1. The molecule has 144 valence electrons. The number of halogens is 5.